The van der Waals surface area contributed by atoms with Gasteiger partial charge in [-0.1, -0.05) is 93.1 Å². The van der Waals surface area contributed by atoms with Crippen molar-refractivity contribution in [3.8, 4) is 28.3 Å². The third-order valence-corrected chi connectivity index (χ3v) is 5.83. The van der Waals surface area contributed by atoms with Gasteiger partial charge in [-0.25, -0.2) is 9.97 Å². The van der Waals surface area contributed by atoms with E-state index in [9.17, 15) is 0 Å². The van der Waals surface area contributed by atoms with Gasteiger partial charge in [-0.3, -0.25) is 0 Å². The van der Waals surface area contributed by atoms with Crippen LogP contribution < -0.4 is 4.74 Å². The Labute approximate surface area is 210 Å². The molecule has 3 aromatic rings. The van der Waals surface area contributed by atoms with Gasteiger partial charge < -0.3 is 9.47 Å². The molecule has 0 saturated carbocycles. The summed E-state index contributed by atoms with van der Waals surface area (Å²) >= 11 is 0. The standard InChI is InChI=1S/C31H38N2O2/c1-4-6-10-22-34-25(3)11-8-7-9-12-26-13-15-27(16-14-26)28-17-19-29(20-18-28)31-32-23-30(24-33-31)35-21-5-2/h5,9,12-20,23-25H,2,4,6-8,10-11,21-22H2,1,3H3. The molecule has 0 amide bonds. The first kappa shape index (κ1) is 26.4. The molecule has 1 heterocycles. The molecule has 35 heavy (non-hydrogen) atoms. The van der Waals surface area contributed by atoms with Crippen molar-refractivity contribution in [2.24, 2.45) is 0 Å². The molecule has 0 spiro atoms. The largest absolute Gasteiger partial charge is 0.486 e. The maximum Gasteiger partial charge on any atom is 0.159 e. The number of hydrogen-bond donors (Lipinski definition) is 0. The second-order valence-corrected chi connectivity index (χ2v) is 8.76. The molecule has 0 aliphatic heterocycles. The number of unbranched alkanes of at least 4 members (excludes halogenated alkanes) is 3. The fourth-order valence-corrected chi connectivity index (χ4v) is 3.76. The lowest BCUT2D eigenvalue weighted by atomic mass is 10.0. The van der Waals surface area contributed by atoms with Gasteiger partial charge in [-0.05, 0) is 49.3 Å². The average molecular weight is 471 g/mol. The van der Waals surface area contributed by atoms with Gasteiger partial charge in [0.2, 0.25) is 0 Å². The zero-order valence-electron chi connectivity index (χ0n) is 21.2. The van der Waals surface area contributed by atoms with E-state index in [-0.39, 0.29) is 0 Å². The van der Waals surface area contributed by atoms with Gasteiger partial charge in [0.25, 0.3) is 0 Å². The molecule has 2 aromatic carbocycles. The van der Waals surface area contributed by atoms with Crippen molar-refractivity contribution in [2.45, 2.75) is 58.5 Å². The smallest absolute Gasteiger partial charge is 0.159 e. The fourth-order valence-electron chi connectivity index (χ4n) is 3.76. The number of nitrogens with zero attached hydrogens (tertiary/aromatic N) is 2. The van der Waals surface area contributed by atoms with Gasteiger partial charge in [0.05, 0.1) is 18.5 Å². The van der Waals surface area contributed by atoms with Crippen molar-refractivity contribution >= 4 is 6.08 Å². The zero-order valence-corrected chi connectivity index (χ0v) is 21.2. The van der Waals surface area contributed by atoms with E-state index in [0.29, 0.717) is 24.3 Å². The minimum absolute atomic E-state index is 0.355. The van der Waals surface area contributed by atoms with E-state index in [1.54, 1.807) is 18.5 Å². The van der Waals surface area contributed by atoms with Gasteiger partial charge in [0.15, 0.2) is 11.6 Å². The van der Waals surface area contributed by atoms with Gasteiger partial charge in [-0.15, -0.1) is 0 Å². The van der Waals surface area contributed by atoms with E-state index in [1.165, 1.54) is 36.0 Å². The van der Waals surface area contributed by atoms with E-state index in [0.717, 1.165) is 31.4 Å². The first-order valence-electron chi connectivity index (χ1n) is 12.7. The lowest BCUT2D eigenvalue weighted by Gasteiger charge is -2.12. The summed E-state index contributed by atoms with van der Waals surface area (Å²) in [6.07, 6.45) is 16.9. The summed E-state index contributed by atoms with van der Waals surface area (Å²) in [5, 5.41) is 0. The predicted molar refractivity (Wildman–Crippen MR) is 146 cm³/mol. The lowest BCUT2D eigenvalue weighted by molar-refractivity contribution is 0.0566. The number of aromatic nitrogens is 2. The molecular formula is C31H38N2O2. The summed E-state index contributed by atoms with van der Waals surface area (Å²) in [6.45, 7) is 9.39. The second-order valence-electron chi connectivity index (χ2n) is 8.76. The van der Waals surface area contributed by atoms with Gasteiger partial charge in [0, 0.05) is 12.2 Å². The molecule has 1 unspecified atom stereocenters. The van der Waals surface area contributed by atoms with Crippen LogP contribution in [0.2, 0.25) is 0 Å². The molecule has 0 N–H and O–H groups in total. The first-order chi connectivity index (χ1) is 17.2. The Morgan fingerprint density at radius 3 is 2.20 bits per heavy atom. The molecule has 0 aliphatic rings. The SMILES string of the molecule is C=CCOc1cnc(-c2ccc(-c3ccc(C=CCCCC(C)OCCCCC)cc3)cc2)nc1. The van der Waals surface area contributed by atoms with Gasteiger partial charge >= 0.3 is 0 Å². The maximum atomic E-state index is 5.88. The Balaban J connectivity index is 1.45. The number of allylic oxidation sites excluding steroid dienone is 1. The summed E-state index contributed by atoms with van der Waals surface area (Å²) in [5.41, 5.74) is 4.56. The van der Waals surface area contributed by atoms with Crippen molar-refractivity contribution in [2.75, 3.05) is 13.2 Å². The quantitative estimate of drug-likeness (QED) is 0.166. The Kier molecular flexibility index (Phi) is 11.2. The van der Waals surface area contributed by atoms with E-state index < -0.39 is 0 Å². The maximum absolute atomic E-state index is 5.88. The Morgan fingerprint density at radius 2 is 1.54 bits per heavy atom. The molecule has 0 fully saturated rings. The molecule has 184 valence electrons. The van der Waals surface area contributed by atoms with Crippen molar-refractivity contribution < 1.29 is 9.47 Å². The normalized spacial score (nSPS) is 12.1. The Morgan fingerprint density at radius 1 is 0.886 bits per heavy atom. The number of hydrogen-bond acceptors (Lipinski definition) is 4. The van der Waals surface area contributed by atoms with Crippen LogP contribution >= 0.6 is 0 Å². The molecule has 4 nitrogen and oxygen atoms in total. The Bertz CT molecular complexity index is 1030. The average Bonchev–Trinajstić information content (AvgIpc) is 2.90. The van der Waals surface area contributed by atoms with Crippen LogP contribution in [-0.4, -0.2) is 29.3 Å². The summed E-state index contributed by atoms with van der Waals surface area (Å²) in [5.74, 6) is 1.32. The summed E-state index contributed by atoms with van der Waals surface area (Å²) < 4.78 is 11.3. The highest BCUT2D eigenvalue weighted by Crippen LogP contribution is 2.24. The van der Waals surface area contributed by atoms with Crippen LogP contribution in [0.1, 0.15) is 57.9 Å². The minimum Gasteiger partial charge on any atom is -0.486 e. The third kappa shape index (κ3) is 9.14. The summed E-state index contributed by atoms with van der Waals surface area (Å²) in [4.78, 5) is 8.80. The van der Waals surface area contributed by atoms with E-state index in [2.05, 4.69) is 91.1 Å². The number of benzene rings is 2. The molecule has 4 heteroatoms. The van der Waals surface area contributed by atoms with Crippen LogP contribution in [0.5, 0.6) is 5.75 Å². The van der Waals surface area contributed by atoms with Crippen molar-refractivity contribution in [3.05, 3.63) is 85.2 Å². The summed E-state index contributed by atoms with van der Waals surface area (Å²) in [7, 11) is 0. The monoisotopic (exact) mass is 470 g/mol. The number of rotatable bonds is 15. The van der Waals surface area contributed by atoms with Crippen LogP contribution in [0.25, 0.3) is 28.6 Å². The first-order valence-corrected chi connectivity index (χ1v) is 12.7. The molecular weight excluding hydrogens is 432 g/mol. The van der Waals surface area contributed by atoms with Crippen molar-refractivity contribution in [3.63, 3.8) is 0 Å². The van der Waals surface area contributed by atoms with Crippen LogP contribution in [0, 0.1) is 0 Å². The molecule has 0 bridgehead atoms. The topological polar surface area (TPSA) is 44.2 Å². The second kappa shape index (κ2) is 14.9. The van der Waals surface area contributed by atoms with Crippen LogP contribution in [-0.2, 0) is 4.74 Å². The van der Waals surface area contributed by atoms with Crippen molar-refractivity contribution in [1.29, 1.82) is 0 Å². The van der Waals surface area contributed by atoms with Gasteiger partial charge in [0.1, 0.15) is 6.61 Å². The highest BCUT2D eigenvalue weighted by Gasteiger charge is 2.04. The molecule has 3 rings (SSSR count). The lowest BCUT2D eigenvalue weighted by Crippen LogP contribution is -2.08. The molecule has 0 aliphatic carbocycles. The van der Waals surface area contributed by atoms with Crippen LogP contribution in [0.4, 0.5) is 0 Å². The Hall–Kier alpha value is -3.24. The third-order valence-electron chi connectivity index (χ3n) is 5.83. The number of ether oxygens (including phenoxy) is 2. The molecule has 0 radical (unpaired) electrons. The van der Waals surface area contributed by atoms with Gasteiger partial charge in [-0.2, -0.15) is 0 Å². The highest BCUT2D eigenvalue weighted by atomic mass is 16.5. The van der Waals surface area contributed by atoms with Crippen LogP contribution in [0.3, 0.4) is 0 Å². The van der Waals surface area contributed by atoms with E-state index in [4.69, 9.17) is 9.47 Å². The van der Waals surface area contributed by atoms with Crippen LogP contribution in [0.15, 0.2) is 79.7 Å². The minimum atomic E-state index is 0.355. The highest BCUT2D eigenvalue weighted by molar-refractivity contribution is 5.69. The fraction of sp³-hybridized carbons (Fsp3) is 0.355. The predicted octanol–water partition coefficient (Wildman–Crippen LogP) is 8.15. The molecule has 0 saturated heterocycles. The van der Waals surface area contributed by atoms with Crippen molar-refractivity contribution in [1.82, 2.24) is 9.97 Å². The van der Waals surface area contributed by atoms with E-state index in [1.807, 2.05) is 0 Å². The molecule has 1 aromatic heterocycles. The molecule has 1 atom stereocenters. The summed E-state index contributed by atoms with van der Waals surface area (Å²) in [6, 6.07) is 17.0. The van der Waals surface area contributed by atoms with E-state index >= 15 is 0 Å². The zero-order chi connectivity index (χ0) is 24.7.